The fraction of sp³-hybridized carbons (Fsp3) is 0.370. The van der Waals surface area contributed by atoms with Gasteiger partial charge in [0.15, 0.2) is 0 Å². The molecule has 170 valence electrons. The van der Waals surface area contributed by atoms with Crippen LogP contribution in [0, 0.1) is 13.8 Å². The quantitative estimate of drug-likeness (QED) is 0.444. The Bertz CT molecular complexity index is 1240. The SMILES string of the molecule is Cc1cccc(C2(CNc3cc(CCn4ncc5ccccc54)nc(C)n3)CCOCC2)c1. The first-order valence-corrected chi connectivity index (χ1v) is 11.8. The zero-order chi connectivity index (χ0) is 22.7. The highest BCUT2D eigenvalue weighted by Gasteiger charge is 2.34. The summed E-state index contributed by atoms with van der Waals surface area (Å²) in [6.07, 6.45) is 4.74. The van der Waals surface area contributed by atoms with Gasteiger partial charge in [-0.1, -0.05) is 48.0 Å². The molecule has 0 amide bonds. The summed E-state index contributed by atoms with van der Waals surface area (Å²) in [5, 5.41) is 9.36. The van der Waals surface area contributed by atoms with Crippen LogP contribution in [0.1, 0.15) is 35.5 Å². The topological polar surface area (TPSA) is 64.9 Å². The minimum Gasteiger partial charge on any atom is -0.381 e. The van der Waals surface area contributed by atoms with E-state index in [0.29, 0.717) is 0 Å². The molecule has 33 heavy (non-hydrogen) atoms. The summed E-state index contributed by atoms with van der Waals surface area (Å²) < 4.78 is 7.75. The Kier molecular flexibility index (Phi) is 6.09. The molecular formula is C27H31N5O. The third-order valence-corrected chi connectivity index (χ3v) is 6.71. The number of hydrogen-bond donors (Lipinski definition) is 1. The molecule has 3 heterocycles. The molecule has 1 fully saturated rings. The van der Waals surface area contributed by atoms with Crippen molar-refractivity contribution in [2.24, 2.45) is 0 Å². The number of nitrogens with zero attached hydrogens (tertiary/aromatic N) is 4. The standard InChI is InChI=1S/C27H31N5O/c1-20-6-5-8-23(16-20)27(11-14-33-15-12-27)19-28-26-17-24(30-21(2)31-26)10-13-32-25-9-4-3-7-22(25)18-29-32/h3-9,16-18H,10-15,19H2,1-2H3,(H,28,30,31). The van der Waals surface area contributed by atoms with Crippen LogP contribution in [0.5, 0.6) is 0 Å². The number of anilines is 1. The fourth-order valence-electron chi connectivity index (χ4n) is 4.84. The van der Waals surface area contributed by atoms with Crippen molar-refractivity contribution < 1.29 is 4.74 Å². The van der Waals surface area contributed by atoms with E-state index in [2.05, 4.69) is 80.5 Å². The molecule has 1 aliphatic rings. The smallest absolute Gasteiger partial charge is 0.129 e. The number of para-hydroxylation sites is 1. The van der Waals surface area contributed by atoms with Crippen LogP contribution in [0.25, 0.3) is 10.9 Å². The van der Waals surface area contributed by atoms with E-state index >= 15 is 0 Å². The Morgan fingerprint density at radius 2 is 1.85 bits per heavy atom. The molecule has 5 rings (SSSR count). The van der Waals surface area contributed by atoms with E-state index in [1.807, 2.05) is 19.2 Å². The zero-order valence-corrected chi connectivity index (χ0v) is 19.4. The van der Waals surface area contributed by atoms with Crippen LogP contribution in [0.15, 0.2) is 60.8 Å². The van der Waals surface area contributed by atoms with Gasteiger partial charge in [-0.25, -0.2) is 9.97 Å². The molecular weight excluding hydrogens is 410 g/mol. The van der Waals surface area contributed by atoms with E-state index in [0.717, 1.165) is 73.8 Å². The Balaban J connectivity index is 1.32. The number of benzene rings is 2. The Hall–Kier alpha value is -3.25. The number of fused-ring (bicyclic) bond motifs is 1. The summed E-state index contributed by atoms with van der Waals surface area (Å²) in [7, 11) is 0. The van der Waals surface area contributed by atoms with Crippen molar-refractivity contribution in [3.63, 3.8) is 0 Å². The summed E-state index contributed by atoms with van der Waals surface area (Å²) in [5.41, 5.74) is 4.92. The number of hydrogen-bond acceptors (Lipinski definition) is 5. The number of aromatic nitrogens is 4. The van der Waals surface area contributed by atoms with E-state index in [4.69, 9.17) is 4.74 Å². The van der Waals surface area contributed by atoms with Gasteiger partial charge >= 0.3 is 0 Å². The van der Waals surface area contributed by atoms with Gasteiger partial charge in [0.1, 0.15) is 11.6 Å². The van der Waals surface area contributed by atoms with Crippen LogP contribution >= 0.6 is 0 Å². The lowest BCUT2D eigenvalue weighted by Gasteiger charge is -2.38. The molecule has 0 bridgehead atoms. The average Bonchev–Trinajstić information content (AvgIpc) is 3.25. The van der Waals surface area contributed by atoms with Gasteiger partial charge in [-0.15, -0.1) is 0 Å². The van der Waals surface area contributed by atoms with E-state index in [1.54, 1.807) is 0 Å². The average molecular weight is 442 g/mol. The van der Waals surface area contributed by atoms with Crippen molar-refractivity contribution in [1.29, 1.82) is 0 Å². The van der Waals surface area contributed by atoms with Gasteiger partial charge in [0, 0.05) is 55.3 Å². The van der Waals surface area contributed by atoms with E-state index < -0.39 is 0 Å². The minimum absolute atomic E-state index is 0.0528. The predicted octanol–water partition coefficient (Wildman–Crippen LogP) is 4.85. The summed E-state index contributed by atoms with van der Waals surface area (Å²) in [5.74, 6) is 1.68. The van der Waals surface area contributed by atoms with Gasteiger partial charge in [-0.3, -0.25) is 4.68 Å². The van der Waals surface area contributed by atoms with Gasteiger partial charge in [-0.05, 0) is 38.3 Å². The molecule has 1 saturated heterocycles. The third-order valence-electron chi connectivity index (χ3n) is 6.71. The van der Waals surface area contributed by atoms with Crippen molar-refractivity contribution in [3.05, 3.63) is 83.4 Å². The van der Waals surface area contributed by atoms with Crippen LogP contribution in [0.2, 0.25) is 0 Å². The van der Waals surface area contributed by atoms with Gasteiger partial charge in [0.05, 0.1) is 11.7 Å². The molecule has 1 aliphatic heterocycles. The van der Waals surface area contributed by atoms with Crippen molar-refractivity contribution in [2.75, 3.05) is 25.1 Å². The van der Waals surface area contributed by atoms with E-state index in [-0.39, 0.29) is 5.41 Å². The third kappa shape index (κ3) is 4.76. The normalized spacial score (nSPS) is 15.6. The molecule has 0 unspecified atom stereocenters. The molecule has 0 aliphatic carbocycles. The number of nitrogens with one attached hydrogen (secondary N) is 1. The monoisotopic (exact) mass is 441 g/mol. The maximum Gasteiger partial charge on any atom is 0.129 e. The molecule has 0 atom stereocenters. The second kappa shape index (κ2) is 9.32. The molecule has 6 nitrogen and oxygen atoms in total. The molecule has 0 radical (unpaired) electrons. The van der Waals surface area contributed by atoms with Crippen LogP contribution in [0.4, 0.5) is 5.82 Å². The second-order valence-corrected chi connectivity index (χ2v) is 9.08. The molecule has 0 spiro atoms. The summed E-state index contributed by atoms with van der Waals surface area (Å²) in [6, 6.07) is 19.3. The fourth-order valence-corrected chi connectivity index (χ4v) is 4.84. The minimum atomic E-state index is 0.0528. The van der Waals surface area contributed by atoms with Crippen molar-refractivity contribution >= 4 is 16.7 Å². The molecule has 6 heteroatoms. The van der Waals surface area contributed by atoms with Crippen molar-refractivity contribution in [1.82, 2.24) is 19.7 Å². The Labute approximate surface area is 195 Å². The summed E-state index contributed by atoms with van der Waals surface area (Å²) >= 11 is 0. The number of aryl methyl sites for hydroxylation is 4. The second-order valence-electron chi connectivity index (χ2n) is 9.08. The summed E-state index contributed by atoms with van der Waals surface area (Å²) in [4.78, 5) is 9.36. The largest absolute Gasteiger partial charge is 0.381 e. The van der Waals surface area contributed by atoms with E-state index in [1.165, 1.54) is 11.1 Å². The number of ether oxygens (including phenoxy) is 1. The lowest BCUT2D eigenvalue weighted by Crippen LogP contribution is -2.40. The van der Waals surface area contributed by atoms with Crippen LogP contribution in [-0.2, 0) is 23.1 Å². The highest BCUT2D eigenvalue weighted by atomic mass is 16.5. The lowest BCUT2D eigenvalue weighted by molar-refractivity contribution is 0.0543. The molecule has 2 aromatic heterocycles. The van der Waals surface area contributed by atoms with Crippen LogP contribution < -0.4 is 5.32 Å². The number of rotatable bonds is 7. The highest BCUT2D eigenvalue weighted by molar-refractivity contribution is 5.78. The van der Waals surface area contributed by atoms with Gasteiger partial charge in [0.2, 0.25) is 0 Å². The first-order chi connectivity index (χ1) is 16.1. The molecule has 4 aromatic rings. The molecule has 2 aromatic carbocycles. The van der Waals surface area contributed by atoms with Crippen LogP contribution in [0.3, 0.4) is 0 Å². The van der Waals surface area contributed by atoms with Crippen LogP contribution in [-0.4, -0.2) is 39.5 Å². The highest BCUT2D eigenvalue weighted by Crippen LogP contribution is 2.35. The van der Waals surface area contributed by atoms with Gasteiger partial charge < -0.3 is 10.1 Å². The molecule has 0 saturated carbocycles. The predicted molar refractivity (Wildman–Crippen MR) is 132 cm³/mol. The summed E-state index contributed by atoms with van der Waals surface area (Å²) in [6.45, 7) is 7.33. The van der Waals surface area contributed by atoms with Gasteiger partial charge in [0.25, 0.3) is 0 Å². The zero-order valence-electron chi connectivity index (χ0n) is 19.4. The first-order valence-electron chi connectivity index (χ1n) is 11.8. The lowest BCUT2D eigenvalue weighted by atomic mass is 9.73. The van der Waals surface area contributed by atoms with Crippen molar-refractivity contribution in [2.45, 2.75) is 45.1 Å². The maximum atomic E-state index is 5.70. The van der Waals surface area contributed by atoms with Gasteiger partial charge in [-0.2, -0.15) is 5.10 Å². The molecule has 1 N–H and O–H groups in total. The first kappa shape index (κ1) is 21.6. The van der Waals surface area contributed by atoms with E-state index in [9.17, 15) is 0 Å². The Morgan fingerprint density at radius 1 is 1.00 bits per heavy atom. The maximum absolute atomic E-state index is 5.70. The Morgan fingerprint density at radius 3 is 2.70 bits per heavy atom. The van der Waals surface area contributed by atoms with Crippen molar-refractivity contribution in [3.8, 4) is 0 Å².